The number of anilines is 3. The lowest BCUT2D eigenvalue weighted by Crippen LogP contribution is -2.21. The van der Waals surface area contributed by atoms with Crippen molar-refractivity contribution >= 4 is 34.2 Å². The number of hydrogen-bond donors (Lipinski definition) is 1. The van der Waals surface area contributed by atoms with E-state index in [0.717, 1.165) is 35.2 Å². The van der Waals surface area contributed by atoms with Crippen LogP contribution in [-0.4, -0.2) is 31.0 Å². The Labute approximate surface area is 140 Å². The number of benzene rings is 1. The van der Waals surface area contributed by atoms with Gasteiger partial charge in [0, 0.05) is 23.2 Å². The number of aromatic nitrogens is 1. The summed E-state index contributed by atoms with van der Waals surface area (Å²) in [6.45, 7) is 3.00. The van der Waals surface area contributed by atoms with E-state index in [0.29, 0.717) is 6.04 Å². The average Bonchev–Trinajstić information content (AvgIpc) is 3.23. The summed E-state index contributed by atoms with van der Waals surface area (Å²) >= 11 is 1.77. The molecule has 1 aliphatic carbocycles. The topological polar surface area (TPSA) is 49.8 Å². The molecule has 0 spiro atoms. The molecule has 0 radical (unpaired) electrons. The smallest absolute Gasteiger partial charge is 0.187 e. The molecule has 5 nitrogen and oxygen atoms in total. The predicted molar refractivity (Wildman–Crippen MR) is 95.7 cm³/mol. The summed E-state index contributed by atoms with van der Waals surface area (Å²) < 4.78 is 5.57. The lowest BCUT2D eigenvalue weighted by atomic mass is 10.2. The maximum Gasteiger partial charge on any atom is 0.187 e. The number of methoxy groups -OCH3 is 1. The van der Waals surface area contributed by atoms with Crippen LogP contribution >= 0.6 is 11.3 Å². The van der Waals surface area contributed by atoms with Gasteiger partial charge in [0.25, 0.3) is 0 Å². The van der Waals surface area contributed by atoms with E-state index >= 15 is 0 Å². The Hall–Kier alpha value is -2.08. The second-order valence-electron chi connectivity index (χ2n) is 6.02. The van der Waals surface area contributed by atoms with Gasteiger partial charge in [-0.05, 0) is 38.3 Å². The predicted octanol–water partition coefficient (Wildman–Crippen LogP) is 3.62. The number of thiazole rings is 1. The molecule has 23 heavy (non-hydrogen) atoms. The van der Waals surface area contributed by atoms with Gasteiger partial charge in [-0.15, -0.1) is 11.3 Å². The van der Waals surface area contributed by atoms with Crippen molar-refractivity contribution in [3.8, 4) is 5.75 Å². The highest BCUT2D eigenvalue weighted by molar-refractivity contribution is 7.15. The van der Waals surface area contributed by atoms with E-state index in [2.05, 4.69) is 39.2 Å². The molecule has 1 atom stereocenters. The first-order valence-corrected chi connectivity index (χ1v) is 8.78. The Morgan fingerprint density at radius 3 is 3.00 bits per heavy atom. The minimum absolute atomic E-state index is 0.329. The van der Waals surface area contributed by atoms with Crippen LogP contribution in [0.3, 0.4) is 0 Å². The van der Waals surface area contributed by atoms with E-state index in [1.54, 1.807) is 18.4 Å². The molecule has 0 bridgehead atoms. The highest BCUT2D eigenvalue weighted by atomic mass is 32.1. The molecule has 4 rings (SSSR count). The number of nitrogens with zero attached hydrogens (tertiary/aromatic N) is 3. The first-order valence-electron chi connectivity index (χ1n) is 7.96. The first-order chi connectivity index (χ1) is 11.2. The van der Waals surface area contributed by atoms with Crippen LogP contribution < -0.4 is 15.0 Å². The number of ether oxygens (including phenoxy) is 1. The second kappa shape index (κ2) is 5.85. The Balaban J connectivity index is 1.56. The zero-order chi connectivity index (χ0) is 15.8. The third-order valence-corrected chi connectivity index (χ3v) is 5.33. The van der Waals surface area contributed by atoms with Gasteiger partial charge in [-0.3, -0.25) is 4.99 Å². The molecule has 0 saturated carbocycles. The van der Waals surface area contributed by atoms with Gasteiger partial charge in [-0.2, -0.15) is 0 Å². The second-order valence-corrected chi connectivity index (χ2v) is 7.10. The molecule has 120 valence electrons. The Morgan fingerprint density at radius 2 is 2.26 bits per heavy atom. The zero-order valence-electron chi connectivity index (χ0n) is 13.4. The van der Waals surface area contributed by atoms with E-state index in [4.69, 9.17) is 4.74 Å². The zero-order valence-corrected chi connectivity index (χ0v) is 14.2. The van der Waals surface area contributed by atoms with Gasteiger partial charge in [-0.25, -0.2) is 4.98 Å². The number of aliphatic imine (C=N–C) groups is 1. The molecule has 6 heteroatoms. The highest BCUT2D eigenvalue weighted by Crippen LogP contribution is 2.35. The normalized spacial score (nSPS) is 19.2. The van der Waals surface area contributed by atoms with Gasteiger partial charge in [0.2, 0.25) is 0 Å². The average molecular weight is 328 g/mol. The Morgan fingerprint density at radius 1 is 1.35 bits per heavy atom. The summed E-state index contributed by atoms with van der Waals surface area (Å²) in [6.07, 6.45) is 5.42. The molecule has 1 aliphatic heterocycles. The van der Waals surface area contributed by atoms with Crippen molar-refractivity contribution in [3.05, 3.63) is 28.8 Å². The third-order valence-electron chi connectivity index (χ3n) is 4.26. The van der Waals surface area contributed by atoms with E-state index in [1.807, 2.05) is 12.4 Å². The number of nitrogens with one attached hydrogen (secondary N) is 1. The molecule has 0 amide bonds. The number of hydrogen-bond acceptors (Lipinski definition) is 6. The van der Waals surface area contributed by atoms with E-state index in [9.17, 15) is 0 Å². The van der Waals surface area contributed by atoms with Gasteiger partial charge >= 0.3 is 0 Å². The van der Waals surface area contributed by atoms with Gasteiger partial charge in [-0.1, -0.05) is 0 Å². The standard InChI is InChI=1S/C17H20N4OS/c1-11-9-21(10-18-11)14-7-6-12(8-15(14)22-2)19-17-20-13-4-3-5-16(13)23-17/h6-8,10-11H,3-5,9H2,1-2H3,(H,19,20). The van der Waals surface area contributed by atoms with Crippen molar-refractivity contribution in [1.82, 2.24) is 4.98 Å². The third kappa shape index (κ3) is 2.79. The fraction of sp³-hybridized carbons (Fsp3) is 0.412. The maximum absolute atomic E-state index is 5.57. The number of aryl methyl sites for hydroxylation is 2. The van der Waals surface area contributed by atoms with E-state index in [1.165, 1.54) is 23.4 Å². The van der Waals surface area contributed by atoms with Crippen LogP contribution in [0.15, 0.2) is 23.2 Å². The van der Waals surface area contributed by atoms with Crippen molar-refractivity contribution < 1.29 is 4.74 Å². The molecule has 1 aromatic carbocycles. The summed E-state index contributed by atoms with van der Waals surface area (Å²) in [4.78, 5) is 12.7. The molecule has 2 heterocycles. The highest BCUT2D eigenvalue weighted by Gasteiger charge is 2.19. The molecular weight excluding hydrogens is 308 g/mol. The molecule has 0 fully saturated rings. The quantitative estimate of drug-likeness (QED) is 0.931. The Kier molecular flexibility index (Phi) is 3.69. The molecule has 2 aromatic rings. The van der Waals surface area contributed by atoms with Gasteiger partial charge in [0.05, 0.1) is 30.9 Å². The van der Waals surface area contributed by atoms with Crippen LogP contribution in [0.25, 0.3) is 0 Å². The summed E-state index contributed by atoms with van der Waals surface area (Å²) in [5.74, 6) is 0.847. The van der Waals surface area contributed by atoms with E-state index < -0.39 is 0 Å². The molecule has 2 aliphatic rings. The van der Waals surface area contributed by atoms with E-state index in [-0.39, 0.29) is 0 Å². The van der Waals surface area contributed by atoms with Crippen molar-refractivity contribution in [1.29, 1.82) is 0 Å². The molecule has 0 saturated heterocycles. The lowest BCUT2D eigenvalue weighted by molar-refractivity contribution is 0.416. The van der Waals surface area contributed by atoms with Gasteiger partial charge in [0.15, 0.2) is 5.13 Å². The summed E-state index contributed by atoms with van der Waals surface area (Å²) in [5, 5.41) is 4.38. The van der Waals surface area contributed by atoms with Crippen LogP contribution in [0.1, 0.15) is 23.9 Å². The number of fused-ring (bicyclic) bond motifs is 1. The van der Waals surface area contributed by atoms with Crippen LogP contribution in [0.2, 0.25) is 0 Å². The maximum atomic E-state index is 5.57. The fourth-order valence-electron chi connectivity index (χ4n) is 3.09. The van der Waals surface area contributed by atoms with Crippen LogP contribution in [0.4, 0.5) is 16.5 Å². The fourth-order valence-corrected chi connectivity index (χ4v) is 4.16. The van der Waals surface area contributed by atoms with Crippen molar-refractivity contribution in [2.45, 2.75) is 32.2 Å². The summed E-state index contributed by atoms with van der Waals surface area (Å²) in [7, 11) is 1.71. The SMILES string of the molecule is COc1cc(Nc2nc3c(s2)CCC3)ccc1N1C=NC(C)C1. The van der Waals surface area contributed by atoms with Crippen LogP contribution in [0, 0.1) is 0 Å². The van der Waals surface area contributed by atoms with Crippen LogP contribution in [-0.2, 0) is 12.8 Å². The molecular formula is C17H20N4OS. The van der Waals surface area contributed by atoms with Crippen molar-refractivity contribution in [2.75, 3.05) is 23.9 Å². The van der Waals surface area contributed by atoms with Gasteiger partial charge < -0.3 is 15.0 Å². The summed E-state index contributed by atoms with van der Waals surface area (Å²) in [6, 6.07) is 6.50. The van der Waals surface area contributed by atoms with Gasteiger partial charge in [0.1, 0.15) is 5.75 Å². The molecule has 1 unspecified atom stereocenters. The van der Waals surface area contributed by atoms with Crippen molar-refractivity contribution in [2.24, 2.45) is 4.99 Å². The Bertz CT molecular complexity index is 734. The first kappa shape index (κ1) is 14.5. The van der Waals surface area contributed by atoms with Crippen LogP contribution in [0.5, 0.6) is 5.75 Å². The minimum Gasteiger partial charge on any atom is -0.494 e. The summed E-state index contributed by atoms with van der Waals surface area (Å²) in [5.41, 5.74) is 3.32. The molecule has 1 N–H and O–H groups in total. The number of rotatable bonds is 4. The van der Waals surface area contributed by atoms with Crippen molar-refractivity contribution in [3.63, 3.8) is 0 Å². The monoisotopic (exact) mass is 328 g/mol. The minimum atomic E-state index is 0.329. The lowest BCUT2D eigenvalue weighted by Gasteiger charge is -2.19. The molecule has 1 aromatic heterocycles. The largest absolute Gasteiger partial charge is 0.494 e.